The van der Waals surface area contributed by atoms with Gasteiger partial charge in [0.15, 0.2) is 0 Å². The van der Waals surface area contributed by atoms with Gasteiger partial charge in [-0.1, -0.05) is 54.1 Å². The molecule has 1 heterocycles. The van der Waals surface area contributed by atoms with Crippen LogP contribution in [0.3, 0.4) is 0 Å². The molecule has 1 atom stereocenters. The fraction of sp³-hybridized carbons (Fsp3) is 0.200. The molecule has 1 amide bonds. The van der Waals surface area contributed by atoms with E-state index in [1.807, 2.05) is 72.4 Å². The molecule has 1 aromatic heterocycles. The molecule has 0 aliphatic heterocycles. The molecule has 3 aromatic rings. The zero-order chi connectivity index (χ0) is 18.4. The Labute approximate surface area is 162 Å². The second kappa shape index (κ2) is 8.92. The Hall–Kier alpha value is -2.24. The van der Waals surface area contributed by atoms with Crippen molar-refractivity contribution in [3.05, 3.63) is 89.0 Å². The molecule has 134 valence electrons. The summed E-state index contributed by atoms with van der Waals surface area (Å²) in [6.45, 7) is 0. The largest absolute Gasteiger partial charge is 0.341 e. The first-order valence-corrected chi connectivity index (χ1v) is 9.80. The zero-order valence-corrected chi connectivity index (χ0v) is 16.0. The number of amides is 1. The van der Waals surface area contributed by atoms with Crippen molar-refractivity contribution in [3.8, 4) is 0 Å². The number of aromatic nitrogens is 2. The number of thioether (sulfide) groups is 1. The molecule has 6 heteroatoms. The topological polar surface area (TPSA) is 46.9 Å². The molecule has 0 spiro atoms. The van der Waals surface area contributed by atoms with Gasteiger partial charge < -0.3 is 9.88 Å². The Morgan fingerprint density at radius 3 is 2.58 bits per heavy atom. The summed E-state index contributed by atoms with van der Waals surface area (Å²) in [6.07, 6.45) is 3.62. The molecule has 0 aliphatic rings. The minimum Gasteiger partial charge on any atom is -0.341 e. The quantitative estimate of drug-likeness (QED) is 0.662. The average molecular weight is 386 g/mol. The summed E-state index contributed by atoms with van der Waals surface area (Å²) >= 11 is 7.47. The summed E-state index contributed by atoms with van der Waals surface area (Å²) in [7, 11) is 1.93. The summed E-state index contributed by atoms with van der Waals surface area (Å²) in [5.74, 6) is 1.95. The molecule has 1 N–H and O–H groups in total. The number of carbonyl (C=O) groups is 1. The van der Waals surface area contributed by atoms with Crippen LogP contribution in [0.25, 0.3) is 0 Å². The Kier molecular flexibility index (Phi) is 6.36. The van der Waals surface area contributed by atoms with Crippen LogP contribution < -0.4 is 5.32 Å². The lowest BCUT2D eigenvalue weighted by molar-refractivity contribution is -0.119. The standard InChI is InChI=1S/C20H20ClN3OS/c1-24-12-11-22-20(24)19(16-5-3-2-4-6-16)23-18(25)14-26-13-15-7-9-17(21)10-8-15/h2-12,19H,13-14H2,1H3,(H,23,25). The van der Waals surface area contributed by atoms with Crippen molar-refractivity contribution in [3.63, 3.8) is 0 Å². The number of nitrogens with one attached hydrogen (secondary N) is 1. The normalized spacial score (nSPS) is 11.9. The summed E-state index contributed by atoms with van der Waals surface area (Å²) in [4.78, 5) is 16.9. The third-order valence-corrected chi connectivity index (χ3v) is 5.23. The maximum atomic E-state index is 12.5. The van der Waals surface area contributed by atoms with Crippen molar-refractivity contribution in [2.24, 2.45) is 7.05 Å². The number of hydrogen-bond donors (Lipinski definition) is 1. The van der Waals surface area contributed by atoms with E-state index in [9.17, 15) is 4.79 Å². The van der Waals surface area contributed by atoms with Crippen molar-refractivity contribution in [1.29, 1.82) is 0 Å². The fourth-order valence-electron chi connectivity index (χ4n) is 2.64. The first-order valence-electron chi connectivity index (χ1n) is 8.27. The van der Waals surface area contributed by atoms with E-state index in [1.165, 1.54) is 0 Å². The number of carbonyl (C=O) groups excluding carboxylic acids is 1. The summed E-state index contributed by atoms with van der Waals surface area (Å²) in [6, 6.07) is 17.3. The lowest BCUT2D eigenvalue weighted by atomic mass is 10.1. The molecule has 3 rings (SSSR count). The van der Waals surface area contributed by atoms with Crippen molar-refractivity contribution in [1.82, 2.24) is 14.9 Å². The predicted octanol–water partition coefficient (Wildman–Crippen LogP) is 4.21. The molecule has 0 bridgehead atoms. The molecular weight excluding hydrogens is 366 g/mol. The highest BCUT2D eigenvalue weighted by molar-refractivity contribution is 7.99. The molecule has 0 radical (unpaired) electrons. The van der Waals surface area contributed by atoms with Crippen LogP contribution in [0.1, 0.15) is 23.0 Å². The van der Waals surface area contributed by atoms with Gasteiger partial charge in [-0.25, -0.2) is 4.98 Å². The highest BCUT2D eigenvalue weighted by Gasteiger charge is 2.20. The minimum absolute atomic E-state index is 0.0131. The first-order chi connectivity index (χ1) is 12.6. The van der Waals surface area contributed by atoms with Gasteiger partial charge in [-0.2, -0.15) is 0 Å². The molecule has 26 heavy (non-hydrogen) atoms. The van der Waals surface area contributed by atoms with E-state index in [2.05, 4.69) is 10.3 Å². The molecule has 0 aliphatic carbocycles. The van der Waals surface area contributed by atoms with Crippen LogP contribution in [0, 0.1) is 0 Å². The summed E-state index contributed by atoms with van der Waals surface area (Å²) in [5, 5.41) is 3.83. The zero-order valence-electron chi connectivity index (χ0n) is 14.4. The molecular formula is C20H20ClN3OS. The van der Waals surface area contributed by atoms with Gasteiger partial charge in [0.2, 0.25) is 5.91 Å². The van der Waals surface area contributed by atoms with E-state index in [4.69, 9.17) is 11.6 Å². The van der Waals surface area contributed by atoms with Gasteiger partial charge in [0.05, 0.1) is 5.75 Å². The van der Waals surface area contributed by atoms with Crippen LogP contribution >= 0.6 is 23.4 Å². The van der Waals surface area contributed by atoms with E-state index in [0.29, 0.717) is 5.75 Å². The number of hydrogen-bond acceptors (Lipinski definition) is 3. The maximum absolute atomic E-state index is 12.5. The molecule has 0 fully saturated rings. The molecule has 0 saturated carbocycles. The second-order valence-corrected chi connectivity index (χ2v) is 7.35. The van der Waals surface area contributed by atoms with Gasteiger partial charge in [0, 0.05) is 30.2 Å². The molecule has 1 unspecified atom stereocenters. The third kappa shape index (κ3) is 4.90. The van der Waals surface area contributed by atoms with Gasteiger partial charge in [0.1, 0.15) is 11.9 Å². The van der Waals surface area contributed by atoms with Gasteiger partial charge in [-0.05, 0) is 23.3 Å². The van der Waals surface area contributed by atoms with Crippen LogP contribution in [-0.2, 0) is 17.6 Å². The highest BCUT2D eigenvalue weighted by Crippen LogP contribution is 2.21. The van der Waals surface area contributed by atoms with E-state index < -0.39 is 0 Å². The number of benzene rings is 2. The number of halogens is 1. The SMILES string of the molecule is Cn1ccnc1C(NC(=O)CSCc1ccc(Cl)cc1)c1ccccc1. The smallest absolute Gasteiger partial charge is 0.230 e. The number of rotatable bonds is 7. The van der Waals surface area contributed by atoms with Crippen LogP contribution in [-0.4, -0.2) is 21.2 Å². The van der Waals surface area contributed by atoms with E-state index >= 15 is 0 Å². The van der Waals surface area contributed by atoms with Crippen molar-refractivity contribution >= 4 is 29.3 Å². The third-order valence-electron chi connectivity index (χ3n) is 3.97. The lowest BCUT2D eigenvalue weighted by Crippen LogP contribution is -2.32. The fourth-order valence-corrected chi connectivity index (χ4v) is 3.57. The Bertz CT molecular complexity index is 849. The highest BCUT2D eigenvalue weighted by atomic mass is 35.5. The monoisotopic (exact) mass is 385 g/mol. The van der Waals surface area contributed by atoms with Crippen molar-refractivity contribution in [2.45, 2.75) is 11.8 Å². The van der Waals surface area contributed by atoms with Gasteiger partial charge in [-0.3, -0.25) is 4.79 Å². The second-order valence-electron chi connectivity index (χ2n) is 5.93. The van der Waals surface area contributed by atoms with E-state index in [-0.39, 0.29) is 11.9 Å². The summed E-state index contributed by atoms with van der Waals surface area (Å²) < 4.78 is 1.93. The minimum atomic E-state index is -0.264. The number of aryl methyl sites for hydroxylation is 1. The molecule has 2 aromatic carbocycles. The molecule has 4 nitrogen and oxygen atoms in total. The van der Waals surface area contributed by atoms with Gasteiger partial charge in [0.25, 0.3) is 0 Å². The Balaban J connectivity index is 1.62. The average Bonchev–Trinajstić information content (AvgIpc) is 3.08. The van der Waals surface area contributed by atoms with Crippen molar-refractivity contribution < 1.29 is 4.79 Å². The van der Waals surface area contributed by atoms with E-state index in [0.717, 1.165) is 27.7 Å². The van der Waals surface area contributed by atoms with Crippen LogP contribution in [0.5, 0.6) is 0 Å². The van der Waals surface area contributed by atoms with E-state index in [1.54, 1.807) is 18.0 Å². The lowest BCUT2D eigenvalue weighted by Gasteiger charge is -2.19. The summed E-state index contributed by atoms with van der Waals surface area (Å²) in [5.41, 5.74) is 2.16. The Morgan fingerprint density at radius 1 is 1.19 bits per heavy atom. The van der Waals surface area contributed by atoms with Gasteiger partial charge >= 0.3 is 0 Å². The van der Waals surface area contributed by atoms with Crippen molar-refractivity contribution in [2.75, 3.05) is 5.75 Å². The van der Waals surface area contributed by atoms with Gasteiger partial charge in [-0.15, -0.1) is 11.8 Å². The maximum Gasteiger partial charge on any atom is 0.230 e. The Morgan fingerprint density at radius 2 is 1.92 bits per heavy atom. The predicted molar refractivity (Wildman–Crippen MR) is 107 cm³/mol. The number of nitrogens with zero attached hydrogens (tertiary/aromatic N) is 2. The number of imidazole rings is 1. The first kappa shape index (κ1) is 18.5. The van der Waals surface area contributed by atoms with Crippen LogP contribution in [0.4, 0.5) is 0 Å². The van der Waals surface area contributed by atoms with Crippen LogP contribution in [0.15, 0.2) is 67.0 Å². The molecule has 0 saturated heterocycles. The van der Waals surface area contributed by atoms with Crippen LogP contribution in [0.2, 0.25) is 5.02 Å².